The predicted molar refractivity (Wildman–Crippen MR) is 90.9 cm³/mol. The highest BCUT2D eigenvalue weighted by atomic mass is 32.2. The molecule has 0 bridgehead atoms. The van der Waals surface area contributed by atoms with Gasteiger partial charge in [0.15, 0.2) is 9.34 Å². The lowest BCUT2D eigenvalue weighted by Gasteiger charge is -2.24. The van der Waals surface area contributed by atoms with Crippen LogP contribution in [0.1, 0.15) is 12.5 Å². The fourth-order valence-electron chi connectivity index (χ4n) is 2.35. The number of para-hydroxylation sites is 1. The van der Waals surface area contributed by atoms with E-state index in [4.69, 9.17) is 4.74 Å². The molecule has 2 heterocycles. The Hall–Kier alpha value is -2.46. The van der Waals surface area contributed by atoms with Gasteiger partial charge in [-0.1, -0.05) is 29.5 Å². The largest absolute Gasteiger partial charge is 0.492 e. The zero-order valence-electron chi connectivity index (χ0n) is 13.2. The van der Waals surface area contributed by atoms with E-state index in [1.165, 1.54) is 6.92 Å². The van der Waals surface area contributed by atoms with Crippen molar-refractivity contribution in [1.29, 1.82) is 0 Å². The fourth-order valence-corrected chi connectivity index (χ4v) is 4.47. The van der Waals surface area contributed by atoms with Crippen LogP contribution in [0.2, 0.25) is 0 Å². The molecule has 0 aliphatic carbocycles. The van der Waals surface area contributed by atoms with Gasteiger partial charge >= 0.3 is 0 Å². The van der Waals surface area contributed by atoms with Crippen LogP contribution in [-0.4, -0.2) is 31.8 Å². The van der Waals surface area contributed by atoms with Crippen molar-refractivity contribution in [2.75, 3.05) is 11.9 Å². The molecule has 2 amide bonds. The Morgan fingerprint density at radius 1 is 1.32 bits per heavy atom. The normalized spacial score (nSPS) is 16.4. The summed E-state index contributed by atoms with van der Waals surface area (Å²) in [5, 5.41) is 2.54. The van der Waals surface area contributed by atoms with Crippen molar-refractivity contribution in [3.05, 3.63) is 36.0 Å². The summed E-state index contributed by atoms with van der Waals surface area (Å²) in [4.78, 5) is 27.1. The fraction of sp³-hybridized carbons (Fsp3) is 0.267. The number of benzene rings is 1. The Labute approximate surface area is 148 Å². The quantitative estimate of drug-likeness (QED) is 0.821. The Balaban J connectivity index is 1.70. The Bertz CT molecular complexity index is 923. The number of carbonyl (C=O) groups excluding carboxylic acids is 2. The van der Waals surface area contributed by atoms with Crippen molar-refractivity contribution in [2.45, 2.75) is 17.6 Å². The third kappa shape index (κ3) is 3.97. The Morgan fingerprint density at radius 2 is 2.08 bits per heavy atom. The monoisotopic (exact) mass is 381 g/mol. The first-order chi connectivity index (χ1) is 11.8. The molecule has 132 valence electrons. The van der Waals surface area contributed by atoms with Gasteiger partial charge in [-0.2, -0.15) is 0 Å². The van der Waals surface area contributed by atoms with Crippen LogP contribution in [-0.2, 0) is 26.0 Å². The predicted octanol–water partition coefficient (Wildman–Crippen LogP) is 1.16. The second kappa shape index (κ2) is 6.81. The maximum absolute atomic E-state index is 12.3. The molecule has 1 aromatic heterocycles. The molecule has 10 heteroatoms. The summed E-state index contributed by atoms with van der Waals surface area (Å²) in [5.41, 5.74) is 0.858. The summed E-state index contributed by atoms with van der Waals surface area (Å²) in [7, 11) is -4.05. The van der Waals surface area contributed by atoms with E-state index in [9.17, 15) is 18.0 Å². The molecule has 1 atom stereocenters. The van der Waals surface area contributed by atoms with Crippen molar-refractivity contribution in [1.82, 2.24) is 9.71 Å². The Kier molecular flexibility index (Phi) is 4.73. The third-order valence-electron chi connectivity index (χ3n) is 3.52. The van der Waals surface area contributed by atoms with Crippen molar-refractivity contribution in [3.8, 4) is 5.75 Å². The lowest BCUT2D eigenvalue weighted by molar-refractivity contribution is -0.124. The molecule has 0 saturated carbocycles. The molecular weight excluding hydrogens is 366 g/mol. The van der Waals surface area contributed by atoms with Crippen LogP contribution in [0.5, 0.6) is 5.75 Å². The van der Waals surface area contributed by atoms with E-state index in [0.29, 0.717) is 12.2 Å². The highest BCUT2D eigenvalue weighted by molar-refractivity contribution is 7.92. The minimum absolute atomic E-state index is 0.109. The van der Waals surface area contributed by atoms with Crippen LogP contribution in [0.3, 0.4) is 0 Å². The van der Waals surface area contributed by atoms with Gasteiger partial charge in [-0.3, -0.25) is 9.59 Å². The zero-order chi connectivity index (χ0) is 18.0. The van der Waals surface area contributed by atoms with Gasteiger partial charge < -0.3 is 10.1 Å². The SMILES string of the molecule is CC(=O)Nc1ncc(S(=O)(=O)NC(=O)C2COc3ccccc3C2)s1. The minimum atomic E-state index is -4.05. The average Bonchev–Trinajstić information content (AvgIpc) is 3.02. The molecule has 2 N–H and O–H groups in total. The highest BCUT2D eigenvalue weighted by Gasteiger charge is 2.30. The molecule has 0 saturated heterocycles. The number of nitrogens with zero attached hydrogens (tertiary/aromatic N) is 1. The van der Waals surface area contributed by atoms with Gasteiger partial charge in [-0.25, -0.2) is 18.1 Å². The van der Waals surface area contributed by atoms with Gasteiger partial charge in [0.1, 0.15) is 12.4 Å². The van der Waals surface area contributed by atoms with Gasteiger partial charge in [-0.15, -0.1) is 0 Å². The summed E-state index contributed by atoms with van der Waals surface area (Å²) < 4.78 is 32.0. The number of hydrogen-bond donors (Lipinski definition) is 2. The summed E-state index contributed by atoms with van der Waals surface area (Å²) in [6, 6.07) is 7.31. The topological polar surface area (TPSA) is 114 Å². The van der Waals surface area contributed by atoms with Crippen LogP contribution in [0.15, 0.2) is 34.7 Å². The lowest BCUT2D eigenvalue weighted by Crippen LogP contribution is -2.40. The molecule has 2 aromatic rings. The van der Waals surface area contributed by atoms with Crippen molar-refractivity contribution in [2.24, 2.45) is 5.92 Å². The number of thiazole rings is 1. The van der Waals surface area contributed by atoms with E-state index in [0.717, 1.165) is 23.1 Å². The first-order valence-corrected chi connectivity index (χ1v) is 9.66. The number of amides is 2. The lowest BCUT2D eigenvalue weighted by atomic mass is 9.96. The number of ether oxygens (including phenoxy) is 1. The molecule has 1 aliphatic heterocycles. The maximum atomic E-state index is 12.3. The standard InChI is InChI=1S/C15H15N3O5S2/c1-9(19)17-15-16-7-13(24-15)25(21,22)18-14(20)11-6-10-4-2-3-5-12(10)23-8-11/h2-5,7,11H,6,8H2,1H3,(H,18,20)(H,16,17,19). The number of sulfonamides is 1. The van der Waals surface area contributed by atoms with Gasteiger partial charge in [-0.05, 0) is 18.1 Å². The highest BCUT2D eigenvalue weighted by Crippen LogP contribution is 2.28. The van der Waals surface area contributed by atoms with E-state index in [2.05, 4.69) is 15.0 Å². The minimum Gasteiger partial charge on any atom is -0.492 e. The van der Waals surface area contributed by atoms with Crippen molar-refractivity contribution < 1.29 is 22.7 Å². The number of carbonyl (C=O) groups is 2. The molecule has 0 fully saturated rings. The first-order valence-electron chi connectivity index (χ1n) is 7.36. The smallest absolute Gasteiger partial charge is 0.275 e. The number of fused-ring (bicyclic) bond motifs is 1. The molecule has 8 nitrogen and oxygen atoms in total. The van der Waals surface area contributed by atoms with Gasteiger partial charge in [0, 0.05) is 6.92 Å². The van der Waals surface area contributed by atoms with Gasteiger partial charge in [0.25, 0.3) is 10.0 Å². The molecule has 1 aromatic carbocycles. The molecule has 1 aliphatic rings. The number of rotatable bonds is 4. The van der Waals surface area contributed by atoms with Crippen LogP contribution in [0.4, 0.5) is 5.13 Å². The van der Waals surface area contributed by atoms with Gasteiger partial charge in [0.05, 0.1) is 12.1 Å². The summed E-state index contributed by atoms with van der Waals surface area (Å²) >= 11 is 0.768. The van der Waals surface area contributed by atoms with Crippen LogP contribution in [0, 0.1) is 5.92 Å². The Morgan fingerprint density at radius 3 is 2.84 bits per heavy atom. The average molecular weight is 381 g/mol. The van der Waals surface area contributed by atoms with Crippen molar-refractivity contribution >= 4 is 38.3 Å². The van der Waals surface area contributed by atoms with Crippen molar-refractivity contribution in [3.63, 3.8) is 0 Å². The van der Waals surface area contributed by atoms with E-state index < -0.39 is 21.8 Å². The number of nitrogens with one attached hydrogen (secondary N) is 2. The molecular formula is C15H15N3O5S2. The third-order valence-corrected chi connectivity index (χ3v) is 6.24. The summed E-state index contributed by atoms with van der Waals surface area (Å²) in [6.07, 6.45) is 1.50. The number of aromatic nitrogens is 1. The van der Waals surface area contributed by atoms with Gasteiger partial charge in [0.2, 0.25) is 11.8 Å². The molecule has 0 radical (unpaired) electrons. The van der Waals surface area contributed by atoms with Crippen LogP contribution in [0.25, 0.3) is 0 Å². The molecule has 1 unspecified atom stereocenters. The molecule has 25 heavy (non-hydrogen) atoms. The second-order valence-electron chi connectivity index (χ2n) is 5.46. The number of anilines is 1. The number of hydrogen-bond acceptors (Lipinski definition) is 7. The van der Waals surface area contributed by atoms with Crippen LogP contribution >= 0.6 is 11.3 Å². The molecule has 3 rings (SSSR count). The van der Waals surface area contributed by atoms with E-state index in [1.54, 1.807) is 6.07 Å². The van der Waals surface area contributed by atoms with E-state index >= 15 is 0 Å². The maximum Gasteiger partial charge on any atom is 0.275 e. The summed E-state index contributed by atoms with van der Waals surface area (Å²) in [5.74, 6) is -0.895. The van der Waals surface area contributed by atoms with E-state index in [1.807, 2.05) is 18.2 Å². The zero-order valence-corrected chi connectivity index (χ0v) is 14.8. The summed E-state index contributed by atoms with van der Waals surface area (Å²) in [6.45, 7) is 1.40. The van der Waals surface area contributed by atoms with Crippen LogP contribution < -0.4 is 14.8 Å². The molecule has 0 spiro atoms. The van der Waals surface area contributed by atoms with E-state index in [-0.39, 0.29) is 21.9 Å². The first kappa shape index (κ1) is 17.4. The second-order valence-corrected chi connectivity index (χ2v) is 8.40.